The number of methoxy groups -OCH3 is 1. The molecule has 2 aromatic heterocycles. The summed E-state index contributed by atoms with van der Waals surface area (Å²) in [6, 6.07) is 1.39. The summed E-state index contributed by atoms with van der Waals surface area (Å²) >= 11 is 0. The molecule has 0 saturated carbocycles. The molecule has 0 spiro atoms. The van der Waals surface area contributed by atoms with Crippen molar-refractivity contribution in [2.45, 2.75) is 33.4 Å². The quantitative estimate of drug-likeness (QED) is 0.902. The molecule has 0 radical (unpaired) electrons. The Balaban J connectivity index is 2.20. The van der Waals surface area contributed by atoms with Crippen LogP contribution in [0.4, 0.5) is 0 Å². The highest BCUT2D eigenvalue weighted by molar-refractivity contribution is 5.45. The largest absolute Gasteiger partial charge is 0.377 e. The fourth-order valence-corrected chi connectivity index (χ4v) is 1.48. The van der Waals surface area contributed by atoms with Crippen molar-refractivity contribution in [1.29, 1.82) is 0 Å². The van der Waals surface area contributed by atoms with E-state index in [1.54, 1.807) is 13.2 Å². The Bertz CT molecular complexity index is 541. The molecule has 104 valence electrons. The molecule has 2 aromatic rings. The molecule has 7 heteroatoms. The predicted molar refractivity (Wildman–Crippen MR) is 66.9 cm³/mol. The Morgan fingerprint density at radius 1 is 1.32 bits per heavy atom. The van der Waals surface area contributed by atoms with Gasteiger partial charge in [0, 0.05) is 13.2 Å². The Morgan fingerprint density at radius 3 is 2.68 bits per heavy atom. The lowest BCUT2D eigenvalue weighted by Crippen LogP contribution is -2.27. The van der Waals surface area contributed by atoms with Crippen LogP contribution in [-0.2, 0) is 11.3 Å². The van der Waals surface area contributed by atoms with E-state index in [4.69, 9.17) is 19.5 Å². The molecule has 0 aliphatic heterocycles. The Kier molecular flexibility index (Phi) is 3.68. The normalized spacial score (nSPS) is 13.7. The molecule has 7 nitrogen and oxygen atoms in total. The minimum atomic E-state index is -0.310. The molecule has 0 aromatic carbocycles. The van der Waals surface area contributed by atoms with Gasteiger partial charge in [0.15, 0.2) is 17.3 Å². The first-order valence-corrected chi connectivity index (χ1v) is 5.96. The van der Waals surface area contributed by atoms with Crippen LogP contribution in [0.5, 0.6) is 0 Å². The molecule has 2 rings (SSSR count). The summed E-state index contributed by atoms with van der Waals surface area (Å²) in [5.41, 5.74) is 6.40. The molecule has 2 N–H and O–H groups in total. The molecule has 0 aliphatic carbocycles. The van der Waals surface area contributed by atoms with Crippen LogP contribution in [0.1, 0.15) is 38.4 Å². The lowest BCUT2D eigenvalue weighted by molar-refractivity contribution is 0.156. The molecule has 0 fully saturated rings. The first-order valence-electron chi connectivity index (χ1n) is 5.96. The van der Waals surface area contributed by atoms with Gasteiger partial charge in [0.05, 0.1) is 6.04 Å². The van der Waals surface area contributed by atoms with Crippen molar-refractivity contribution in [2.24, 2.45) is 11.1 Å². The van der Waals surface area contributed by atoms with Gasteiger partial charge in [-0.1, -0.05) is 31.1 Å². The molecular weight excluding hydrogens is 248 g/mol. The van der Waals surface area contributed by atoms with Gasteiger partial charge in [0.2, 0.25) is 0 Å². The third-order valence-corrected chi connectivity index (χ3v) is 2.72. The summed E-state index contributed by atoms with van der Waals surface area (Å²) in [6.45, 7) is 6.39. The van der Waals surface area contributed by atoms with E-state index in [-0.39, 0.29) is 11.5 Å². The Morgan fingerprint density at radius 2 is 2.05 bits per heavy atom. The van der Waals surface area contributed by atoms with Crippen molar-refractivity contribution in [3.63, 3.8) is 0 Å². The van der Waals surface area contributed by atoms with Gasteiger partial charge in [0.1, 0.15) is 6.61 Å². The Hall–Kier alpha value is -1.73. The van der Waals surface area contributed by atoms with E-state index in [9.17, 15) is 0 Å². The van der Waals surface area contributed by atoms with Crippen LogP contribution >= 0.6 is 0 Å². The van der Waals surface area contributed by atoms with E-state index >= 15 is 0 Å². The second-order valence-corrected chi connectivity index (χ2v) is 5.41. The molecule has 0 aliphatic rings. The third-order valence-electron chi connectivity index (χ3n) is 2.72. The molecule has 0 amide bonds. The van der Waals surface area contributed by atoms with Crippen LogP contribution in [0.25, 0.3) is 11.6 Å². The van der Waals surface area contributed by atoms with Gasteiger partial charge < -0.3 is 19.5 Å². The van der Waals surface area contributed by atoms with Gasteiger partial charge in [-0.3, -0.25) is 0 Å². The highest BCUT2D eigenvalue weighted by atomic mass is 16.5. The van der Waals surface area contributed by atoms with Crippen LogP contribution in [0.2, 0.25) is 0 Å². The first-order chi connectivity index (χ1) is 8.91. The zero-order chi connectivity index (χ0) is 14.0. The van der Waals surface area contributed by atoms with Gasteiger partial charge >= 0.3 is 0 Å². The molecule has 0 saturated heterocycles. The number of hydrogen-bond acceptors (Lipinski definition) is 7. The minimum absolute atomic E-state index is 0.147. The maximum Gasteiger partial charge on any atom is 0.280 e. The smallest absolute Gasteiger partial charge is 0.280 e. The highest BCUT2D eigenvalue weighted by Crippen LogP contribution is 2.29. The molecule has 0 bridgehead atoms. The average molecular weight is 266 g/mol. The summed E-state index contributed by atoms with van der Waals surface area (Å²) < 4.78 is 15.2. The van der Waals surface area contributed by atoms with E-state index in [0.717, 1.165) is 0 Å². The van der Waals surface area contributed by atoms with Crippen molar-refractivity contribution in [2.75, 3.05) is 7.11 Å². The summed E-state index contributed by atoms with van der Waals surface area (Å²) in [6.07, 6.45) is 0. The van der Waals surface area contributed by atoms with Crippen molar-refractivity contribution in [1.82, 2.24) is 15.3 Å². The Labute approximate surface area is 111 Å². The zero-order valence-electron chi connectivity index (χ0n) is 11.5. The van der Waals surface area contributed by atoms with Gasteiger partial charge in [0.25, 0.3) is 5.89 Å². The van der Waals surface area contributed by atoms with E-state index in [1.807, 2.05) is 20.8 Å². The van der Waals surface area contributed by atoms with Gasteiger partial charge in [-0.25, -0.2) is 0 Å². The van der Waals surface area contributed by atoms with Gasteiger partial charge in [-0.2, -0.15) is 4.98 Å². The number of nitrogens with zero attached hydrogens (tertiary/aromatic N) is 3. The van der Waals surface area contributed by atoms with Gasteiger partial charge in [-0.05, 0) is 5.41 Å². The van der Waals surface area contributed by atoms with Crippen molar-refractivity contribution in [3.05, 3.63) is 17.7 Å². The lowest BCUT2D eigenvalue weighted by Gasteiger charge is -2.23. The molecular formula is C12H18N4O3. The van der Waals surface area contributed by atoms with Crippen molar-refractivity contribution < 1.29 is 13.8 Å². The predicted octanol–water partition coefficient (Wildman–Crippen LogP) is 1.92. The average Bonchev–Trinajstić information content (AvgIpc) is 2.94. The van der Waals surface area contributed by atoms with E-state index in [1.165, 1.54) is 0 Å². The fraction of sp³-hybridized carbons (Fsp3) is 0.583. The number of rotatable bonds is 4. The standard InChI is InChI=1S/C12H18N4O3/c1-12(2,3)9(13)10-14-11(19-16-10)8-5-7(6-17-4)18-15-8/h5,9H,6,13H2,1-4H3. The molecule has 19 heavy (non-hydrogen) atoms. The number of ether oxygens (including phenoxy) is 1. The number of nitrogens with two attached hydrogens (primary N) is 1. The summed E-state index contributed by atoms with van der Waals surface area (Å²) in [5, 5.41) is 7.74. The fourth-order valence-electron chi connectivity index (χ4n) is 1.48. The minimum Gasteiger partial charge on any atom is -0.377 e. The second kappa shape index (κ2) is 5.10. The van der Waals surface area contributed by atoms with E-state index in [0.29, 0.717) is 29.8 Å². The monoisotopic (exact) mass is 266 g/mol. The van der Waals surface area contributed by atoms with Crippen LogP contribution in [-0.4, -0.2) is 22.4 Å². The van der Waals surface area contributed by atoms with E-state index in [2.05, 4.69) is 15.3 Å². The van der Waals surface area contributed by atoms with Crippen LogP contribution < -0.4 is 5.73 Å². The summed E-state index contributed by atoms with van der Waals surface area (Å²) in [5.74, 6) is 1.34. The lowest BCUT2D eigenvalue weighted by atomic mass is 9.87. The highest BCUT2D eigenvalue weighted by Gasteiger charge is 2.27. The third kappa shape index (κ3) is 2.99. The topological polar surface area (TPSA) is 100 Å². The van der Waals surface area contributed by atoms with Crippen LogP contribution in [0.3, 0.4) is 0 Å². The van der Waals surface area contributed by atoms with Gasteiger partial charge in [-0.15, -0.1) is 0 Å². The van der Waals surface area contributed by atoms with Crippen LogP contribution in [0, 0.1) is 5.41 Å². The van der Waals surface area contributed by atoms with Crippen molar-refractivity contribution >= 4 is 0 Å². The number of hydrogen-bond donors (Lipinski definition) is 1. The number of aromatic nitrogens is 3. The summed E-state index contributed by atoms with van der Waals surface area (Å²) in [4.78, 5) is 4.25. The molecule has 2 heterocycles. The van der Waals surface area contributed by atoms with E-state index < -0.39 is 0 Å². The SMILES string of the molecule is COCc1cc(-c2nc(C(N)C(C)(C)C)no2)no1. The maximum atomic E-state index is 6.07. The van der Waals surface area contributed by atoms with Crippen LogP contribution in [0.15, 0.2) is 15.1 Å². The second-order valence-electron chi connectivity index (χ2n) is 5.41. The van der Waals surface area contributed by atoms with Crippen molar-refractivity contribution in [3.8, 4) is 11.6 Å². The zero-order valence-corrected chi connectivity index (χ0v) is 11.5. The first kappa shape index (κ1) is 13.7. The molecule has 1 atom stereocenters. The molecule has 1 unspecified atom stereocenters. The maximum absolute atomic E-state index is 6.07. The summed E-state index contributed by atoms with van der Waals surface area (Å²) in [7, 11) is 1.58.